The number of nitrogens with two attached hydrogens (primary N) is 1. The van der Waals surface area contributed by atoms with E-state index in [0.717, 1.165) is 22.9 Å². The molecule has 0 unspecified atom stereocenters. The maximum atomic E-state index is 5.60. The molecule has 3 aromatic heterocycles. The molecule has 3 heterocycles. The fourth-order valence-corrected chi connectivity index (χ4v) is 1.97. The largest absolute Gasteiger partial charge is 0.366 e. The van der Waals surface area contributed by atoms with E-state index in [0.29, 0.717) is 0 Å². The van der Waals surface area contributed by atoms with Gasteiger partial charge in [0.2, 0.25) is 5.95 Å². The Balaban J connectivity index is 2.31. The predicted molar refractivity (Wildman–Crippen MR) is 64.0 cm³/mol. The zero-order valence-corrected chi connectivity index (χ0v) is 9.62. The smallest absolute Gasteiger partial charge is 0.240 e. The molecule has 0 bridgehead atoms. The highest BCUT2D eigenvalue weighted by Gasteiger charge is 2.09. The van der Waals surface area contributed by atoms with E-state index in [4.69, 9.17) is 5.73 Å². The zero-order chi connectivity index (χ0) is 12.0. The molecule has 86 valence electrons. The number of aryl methyl sites for hydroxylation is 2. The number of aromatic nitrogens is 5. The van der Waals surface area contributed by atoms with Gasteiger partial charge in [-0.3, -0.25) is 0 Å². The number of pyridine rings is 1. The van der Waals surface area contributed by atoms with Crippen LogP contribution in [0.15, 0.2) is 24.5 Å². The first-order chi connectivity index (χ1) is 8.16. The van der Waals surface area contributed by atoms with Crippen molar-refractivity contribution in [3.05, 3.63) is 36.0 Å². The second-order valence-corrected chi connectivity index (χ2v) is 3.89. The monoisotopic (exact) mass is 228 g/mol. The molecule has 0 spiro atoms. The number of hydrogen-bond acceptors (Lipinski definition) is 4. The van der Waals surface area contributed by atoms with Gasteiger partial charge in [-0.2, -0.15) is 4.98 Å². The van der Waals surface area contributed by atoms with Crippen LogP contribution in [0, 0.1) is 13.8 Å². The van der Waals surface area contributed by atoms with E-state index in [1.54, 1.807) is 10.7 Å². The molecule has 2 N–H and O–H groups in total. The molecule has 0 atom stereocenters. The minimum absolute atomic E-state index is 0.285. The number of fused-ring (bicyclic) bond motifs is 1. The van der Waals surface area contributed by atoms with Gasteiger partial charge in [-0.15, -0.1) is 5.10 Å². The molecule has 0 radical (unpaired) electrons. The van der Waals surface area contributed by atoms with E-state index in [2.05, 4.69) is 15.1 Å². The topological polar surface area (TPSA) is 74.0 Å². The van der Waals surface area contributed by atoms with Crippen molar-refractivity contribution in [2.75, 3.05) is 5.73 Å². The van der Waals surface area contributed by atoms with E-state index in [9.17, 15) is 0 Å². The van der Waals surface area contributed by atoms with Crippen molar-refractivity contribution in [3.63, 3.8) is 0 Å². The van der Waals surface area contributed by atoms with Crippen molar-refractivity contribution < 1.29 is 0 Å². The summed E-state index contributed by atoms with van der Waals surface area (Å²) in [5.41, 5.74) is 8.35. The highest BCUT2D eigenvalue weighted by Crippen LogP contribution is 2.17. The molecular weight excluding hydrogens is 216 g/mol. The van der Waals surface area contributed by atoms with Gasteiger partial charge >= 0.3 is 0 Å². The van der Waals surface area contributed by atoms with Gasteiger partial charge in [0.05, 0.1) is 11.4 Å². The van der Waals surface area contributed by atoms with Crippen molar-refractivity contribution in [2.45, 2.75) is 13.8 Å². The van der Waals surface area contributed by atoms with Crippen molar-refractivity contribution in [3.8, 4) is 5.69 Å². The number of rotatable bonds is 1. The van der Waals surface area contributed by atoms with Gasteiger partial charge in [-0.05, 0) is 26.0 Å². The summed E-state index contributed by atoms with van der Waals surface area (Å²) in [5, 5.41) is 4.16. The third-order valence-electron chi connectivity index (χ3n) is 2.81. The van der Waals surface area contributed by atoms with E-state index < -0.39 is 0 Å². The fraction of sp³-hybridized carbons (Fsp3) is 0.182. The maximum Gasteiger partial charge on any atom is 0.240 e. The van der Waals surface area contributed by atoms with Crippen LogP contribution in [0.5, 0.6) is 0 Å². The Labute approximate surface area is 97.7 Å². The Bertz CT molecular complexity index is 693. The molecule has 17 heavy (non-hydrogen) atoms. The van der Waals surface area contributed by atoms with Crippen LogP contribution in [0.2, 0.25) is 0 Å². The lowest BCUT2D eigenvalue weighted by Gasteiger charge is -2.09. The Morgan fingerprint density at radius 1 is 1.24 bits per heavy atom. The van der Waals surface area contributed by atoms with Crippen LogP contribution in [-0.4, -0.2) is 24.1 Å². The second kappa shape index (κ2) is 3.31. The first kappa shape index (κ1) is 9.83. The lowest BCUT2D eigenvalue weighted by molar-refractivity contribution is 0.875. The molecule has 0 aliphatic rings. The van der Waals surface area contributed by atoms with Gasteiger partial charge in [0.15, 0.2) is 5.65 Å². The van der Waals surface area contributed by atoms with Gasteiger partial charge < -0.3 is 10.3 Å². The molecule has 0 saturated carbocycles. The van der Waals surface area contributed by atoms with Gasteiger partial charge in [-0.25, -0.2) is 9.50 Å². The number of anilines is 1. The first-order valence-corrected chi connectivity index (χ1v) is 5.29. The average Bonchev–Trinajstić information content (AvgIpc) is 2.85. The minimum Gasteiger partial charge on any atom is -0.366 e. The molecule has 0 fully saturated rings. The minimum atomic E-state index is 0.285. The van der Waals surface area contributed by atoms with Crippen LogP contribution in [0.3, 0.4) is 0 Å². The van der Waals surface area contributed by atoms with Crippen molar-refractivity contribution in [1.29, 1.82) is 0 Å². The Kier molecular flexibility index (Phi) is 1.91. The quantitative estimate of drug-likeness (QED) is 0.677. The van der Waals surface area contributed by atoms with Gasteiger partial charge in [0.1, 0.15) is 5.82 Å². The van der Waals surface area contributed by atoms with Crippen molar-refractivity contribution >= 4 is 11.6 Å². The summed E-state index contributed by atoms with van der Waals surface area (Å²) < 4.78 is 3.75. The van der Waals surface area contributed by atoms with Crippen LogP contribution >= 0.6 is 0 Å². The lowest BCUT2D eigenvalue weighted by Crippen LogP contribution is -2.04. The number of nitrogens with zero attached hydrogens (tertiary/aromatic N) is 5. The van der Waals surface area contributed by atoms with Crippen molar-refractivity contribution in [2.24, 2.45) is 0 Å². The molecule has 0 saturated heterocycles. The fourth-order valence-electron chi connectivity index (χ4n) is 1.97. The predicted octanol–water partition coefficient (Wildman–Crippen LogP) is 1.11. The first-order valence-electron chi connectivity index (χ1n) is 5.29. The molecular formula is C11H12N6. The van der Waals surface area contributed by atoms with Gasteiger partial charge in [-0.1, -0.05) is 0 Å². The van der Waals surface area contributed by atoms with Crippen LogP contribution < -0.4 is 5.73 Å². The Hall–Kier alpha value is -2.37. The van der Waals surface area contributed by atoms with E-state index in [-0.39, 0.29) is 5.95 Å². The SMILES string of the molecule is Cc1nccn1-c1ccc2nc(N)nn2c1C. The average molecular weight is 228 g/mol. The summed E-state index contributed by atoms with van der Waals surface area (Å²) in [6, 6.07) is 3.89. The van der Waals surface area contributed by atoms with Crippen LogP contribution in [0.1, 0.15) is 11.5 Å². The molecule has 6 nitrogen and oxygen atoms in total. The van der Waals surface area contributed by atoms with Gasteiger partial charge in [0.25, 0.3) is 0 Å². The zero-order valence-electron chi connectivity index (χ0n) is 9.62. The second-order valence-electron chi connectivity index (χ2n) is 3.89. The van der Waals surface area contributed by atoms with Crippen molar-refractivity contribution in [1.82, 2.24) is 24.1 Å². The van der Waals surface area contributed by atoms with E-state index in [1.807, 2.05) is 36.7 Å². The normalized spacial score (nSPS) is 11.2. The number of nitrogen functional groups attached to an aromatic ring is 1. The Morgan fingerprint density at radius 3 is 2.76 bits per heavy atom. The molecule has 3 aromatic rings. The molecule has 0 aliphatic heterocycles. The third-order valence-corrected chi connectivity index (χ3v) is 2.81. The van der Waals surface area contributed by atoms with Crippen LogP contribution in [0.4, 0.5) is 5.95 Å². The summed E-state index contributed by atoms with van der Waals surface area (Å²) in [4.78, 5) is 8.34. The summed E-state index contributed by atoms with van der Waals surface area (Å²) in [6.07, 6.45) is 3.69. The highest BCUT2D eigenvalue weighted by atomic mass is 15.3. The highest BCUT2D eigenvalue weighted by molar-refractivity contribution is 5.50. The van der Waals surface area contributed by atoms with Crippen LogP contribution in [-0.2, 0) is 0 Å². The lowest BCUT2D eigenvalue weighted by atomic mass is 10.3. The summed E-state index contributed by atoms with van der Waals surface area (Å²) in [7, 11) is 0. The number of imidazole rings is 1. The Morgan fingerprint density at radius 2 is 2.06 bits per heavy atom. The standard InChI is InChI=1S/C11H12N6/c1-7-9(16-6-5-13-8(16)2)3-4-10-14-11(12)15-17(7)10/h3-6H,1-2H3,(H2,12,15). The molecule has 6 heteroatoms. The molecule has 3 rings (SSSR count). The molecule has 0 aromatic carbocycles. The summed E-state index contributed by atoms with van der Waals surface area (Å²) in [5.74, 6) is 1.22. The summed E-state index contributed by atoms with van der Waals surface area (Å²) >= 11 is 0. The van der Waals surface area contributed by atoms with Crippen LogP contribution in [0.25, 0.3) is 11.3 Å². The third kappa shape index (κ3) is 1.37. The maximum absolute atomic E-state index is 5.60. The molecule has 0 amide bonds. The van der Waals surface area contributed by atoms with Gasteiger partial charge in [0, 0.05) is 12.4 Å². The molecule has 0 aliphatic carbocycles. The number of hydrogen-bond donors (Lipinski definition) is 1. The van der Waals surface area contributed by atoms with E-state index >= 15 is 0 Å². The van der Waals surface area contributed by atoms with E-state index in [1.165, 1.54) is 0 Å². The summed E-state index contributed by atoms with van der Waals surface area (Å²) in [6.45, 7) is 3.94.